The van der Waals surface area contributed by atoms with Gasteiger partial charge in [0.05, 0.1) is 4.92 Å². The Bertz CT molecular complexity index is 445. The number of aliphatic hydroxyl groups excluding tert-OH is 1. The van der Waals surface area contributed by atoms with Crippen LogP contribution in [0, 0.1) is 17.0 Å². The summed E-state index contributed by atoms with van der Waals surface area (Å²) in [6.07, 6.45) is -0.513. The molecule has 0 saturated heterocycles. The second-order valence-electron chi connectivity index (χ2n) is 3.83. The van der Waals surface area contributed by atoms with Gasteiger partial charge in [0.15, 0.2) is 0 Å². The largest absolute Gasteiger partial charge is 0.383 e. The maximum Gasteiger partial charge on any atom is 0.272 e. The molecule has 0 spiro atoms. The fraction of sp³-hybridized carbons (Fsp3) is 0.364. The van der Waals surface area contributed by atoms with Gasteiger partial charge in [-0.3, -0.25) is 14.9 Å². The summed E-state index contributed by atoms with van der Waals surface area (Å²) in [7, 11) is 0. The van der Waals surface area contributed by atoms with Gasteiger partial charge in [0.1, 0.15) is 6.10 Å². The normalized spacial score (nSPS) is 12.1. The second-order valence-corrected chi connectivity index (χ2v) is 3.83. The van der Waals surface area contributed by atoms with Gasteiger partial charge in [0.25, 0.3) is 5.69 Å². The minimum absolute atomic E-state index is 0.0594. The number of primary amides is 1. The molecular formula is C11H14N2O4. The van der Waals surface area contributed by atoms with Crippen molar-refractivity contribution in [3.63, 3.8) is 0 Å². The lowest BCUT2D eigenvalue weighted by molar-refractivity contribution is -0.385. The van der Waals surface area contributed by atoms with Crippen LogP contribution in [0.1, 0.15) is 17.5 Å². The molecule has 6 heteroatoms. The Morgan fingerprint density at radius 2 is 2.24 bits per heavy atom. The van der Waals surface area contributed by atoms with E-state index in [0.29, 0.717) is 12.0 Å². The fourth-order valence-electron chi connectivity index (χ4n) is 1.52. The monoisotopic (exact) mass is 238 g/mol. The molecule has 1 rings (SSSR count). The zero-order valence-electron chi connectivity index (χ0n) is 9.42. The van der Waals surface area contributed by atoms with Crippen molar-refractivity contribution < 1.29 is 14.8 Å². The van der Waals surface area contributed by atoms with Crippen LogP contribution in [0.25, 0.3) is 0 Å². The number of hydrogen-bond acceptors (Lipinski definition) is 4. The summed E-state index contributed by atoms with van der Waals surface area (Å²) in [4.78, 5) is 20.8. The summed E-state index contributed by atoms with van der Waals surface area (Å²) in [5, 5.41) is 19.8. The minimum atomic E-state index is -1.18. The molecule has 92 valence electrons. The van der Waals surface area contributed by atoms with Gasteiger partial charge in [-0.05, 0) is 31.4 Å². The molecule has 0 aliphatic heterocycles. The summed E-state index contributed by atoms with van der Waals surface area (Å²) in [6, 6.07) is 4.70. The zero-order chi connectivity index (χ0) is 13.0. The van der Waals surface area contributed by atoms with E-state index in [1.165, 1.54) is 6.07 Å². The summed E-state index contributed by atoms with van der Waals surface area (Å²) < 4.78 is 0. The van der Waals surface area contributed by atoms with Crippen LogP contribution in [0.2, 0.25) is 0 Å². The number of nitro benzene ring substituents is 1. The number of aryl methyl sites for hydroxylation is 2. The van der Waals surface area contributed by atoms with E-state index in [9.17, 15) is 20.0 Å². The Hall–Kier alpha value is -1.95. The van der Waals surface area contributed by atoms with Gasteiger partial charge in [-0.1, -0.05) is 6.07 Å². The Morgan fingerprint density at radius 3 is 2.71 bits per heavy atom. The molecule has 17 heavy (non-hydrogen) atoms. The first-order valence-corrected chi connectivity index (χ1v) is 5.13. The highest BCUT2D eigenvalue weighted by atomic mass is 16.6. The lowest BCUT2D eigenvalue weighted by atomic mass is 10.0. The van der Waals surface area contributed by atoms with E-state index in [1.807, 2.05) is 0 Å². The maximum atomic E-state index is 10.6. The number of hydrogen-bond donors (Lipinski definition) is 2. The van der Waals surface area contributed by atoms with Crippen molar-refractivity contribution >= 4 is 11.6 Å². The highest BCUT2D eigenvalue weighted by Crippen LogP contribution is 2.19. The molecule has 6 nitrogen and oxygen atoms in total. The van der Waals surface area contributed by atoms with Crippen LogP contribution in [0.15, 0.2) is 18.2 Å². The van der Waals surface area contributed by atoms with E-state index >= 15 is 0 Å². The molecule has 0 bridgehead atoms. The first-order valence-electron chi connectivity index (χ1n) is 5.13. The summed E-state index contributed by atoms with van der Waals surface area (Å²) in [6.45, 7) is 1.64. The zero-order valence-corrected chi connectivity index (χ0v) is 9.42. The molecule has 1 aromatic carbocycles. The number of benzene rings is 1. The third-order valence-electron chi connectivity index (χ3n) is 2.49. The third kappa shape index (κ3) is 3.53. The topological polar surface area (TPSA) is 106 Å². The number of rotatable bonds is 5. The number of nitro groups is 1. The molecule has 3 N–H and O–H groups in total. The summed E-state index contributed by atoms with van der Waals surface area (Å²) >= 11 is 0. The van der Waals surface area contributed by atoms with Gasteiger partial charge >= 0.3 is 0 Å². The molecule has 0 heterocycles. The van der Waals surface area contributed by atoms with Crippen LogP contribution < -0.4 is 5.73 Å². The molecule has 0 saturated carbocycles. The molecule has 0 aromatic heterocycles. The van der Waals surface area contributed by atoms with Crippen LogP contribution in [0.3, 0.4) is 0 Å². The van der Waals surface area contributed by atoms with E-state index < -0.39 is 16.9 Å². The van der Waals surface area contributed by atoms with E-state index in [4.69, 9.17) is 5.73 Å². The Morgan fingerprint density at radius 1 is 1.59 bits per heavy atom. The molecule has 0 aliphatic carbocycles. The van der Waals surface area contributed by atoms with Gasteiger partial charge in [-0.2, -0.15) is 0 Å². The number of amides is 1. The lowest BCUT2D eigenvalue weighted by Crippen LogP contribution is -2.28. The smallest absolute Gasteiger partial charge is 0.272 e. The van der Waals surface area contributed by atoms with E-state index in [-0.39, 0.29) is 12.1 Å². The fourth-order valence-corrected chi connectivity index (χ4v) is 1.52. The standard InChI is InChI=1S/C11H14N2O4/c1-7-6-8(2-4-9(7)13(16)17)3-5-10(14)11(12)15/h2,4,6,10,14H,3,5H2,1H3,(H2,12,15). The highest BCUT2D eigenvalue weighted by Gasteiger charge is 2.13. The number of aliphatic hydroxyl groups is 1. The third-order valence-corrected chi connectivity index (χ3v) is 2.49. The molecule has 0 fully saturated rings. The predicted molar refractivity (Wildman–Crippen MR) is 61.4 cm³/mol. The number of nitrogens with two attached hydrogens (primary N) is 1. The van der Waals surface area contributed by atoms with Crippen molar-refractivity contribution in [3.05, 3.63) is 39.4 Å². The van der Waals surface area contributed by atoms with Crippen molar-refractivity contribution in [1.29, 1.82) is 0 Å². The van der Waals surface area contributed by atoms with Crippen LogP contribution in [0.5, 0.6) is 0 Å². The predicted octanol–water partition coefficient (Wildman–Crippen LogP) is 0.682. The number of carbonyl (C=O) groups excluding carboxylic acids is 1. The van der Waals surface area contributed by atoms with Crippen molar-refractivity contribution in [2.75, 3.05) is 0 Å². The average molecular weight is 238 g/mol. The van der Waals surface area contributed by atoms with Crippen LogP contribution >= 0.6 is 0 Å². The molecule has 0 aliphatic rings. The molecular weight excluding hydrogens is 224 g/mol. The molecule has 1 atom stereocenters. The SMILES string of the molecule is Cc1cc(CCC(O)C(N)=O)ccc1[N+](=O)[O-]. The first-order chi connectivity index (χ1) is 7.91. The van der Waals surface area contributed by atoms with Crippen LogP contribution in [-0.4, -0.2) is 22.0 Å². The molecule has 1 aromatic rings. The number of nitrogens with zero attached hydrogens (tertiary/aromatic N) is 1. The quantitative estimate of drug-likeness (QED) is 0.581. The van der Waals surface area contributed by atoms with Gasteiger partial charge in [-0.15, -0.1) is 0 Å². The van der Waals surface area contributed by atoms with E-state index in [0.717, 1.165) is 5.56 Å². The molecule has 0 radical (unpaired) electrons. The van der Waals surface area contributed by atoms with Crippen LogP contribution in [0.4, 0.5) is 5.69 Å². The van der Waals surface area contributed by atoms with Crippen molar-refractivity contribution in [3.8, 4) is 0 Å². The van der Waals surface area contributed by atoms with E-state index in [2.05, 4.69) is 0 Å². The van der Waals surface area contributed by atoms with Gasteiger partial charge < -0.3 is 10.8 Å². The van der Waals surface area contributed by atoms with Crippen molar-refractivity contribution in [2.45, 2.75) is 25.9 Å². The minimum Gasteiger partial charge on any atom is -0.383 e. The van der Waals surface area contributed by atoms with Gasteiger partial charge in [0.2, 0.25) is 5.91 Å². The second kappa shape index (κ2) is 5.40. The van der Waals surface area contributed by atoms with E-state index in [1.54, 1.807) is 19.1 Å². The Balaban J connectivity index is 2.71. The van der Waals surface area contributed by atoms with Crippen molar-refractivity contribution in [2.24, 2.45) is 5.73 Å². The Labute approximate surface area is 98.2 Å². The maximum absolute atomic E-state index is 10.6. The molecule has 1 amide bonds. The molecule has 1 unspecified atom stereocenters. The van der Waals surface area contributed by atoms with Crippen LogP contribution in [-0.2, 0) is 11.2 Å². The Kier molecular flexibility index (Phi) is 4.17. The van der Waals surface area contributed by atoms with Crippen molar-refractivity contribution in [1.82, 2.24) is 0 Å². The highest BCUT2D eigenvalue weighted by molar-refractivity contribution is 5.78. The van der Waals surface area contributed by atoms with Gasteiger partial charge in [0, 0.05) is 11.6 Å². The first kappa shape index (κ1) is 13.1. The van der Waals surface area contributed by atoms with Gasteiger partial charge in [-0.25, -0.2) is 0 Å². The number of carbonyl (C=O) groups is 1. The summed E-state index contributed by atoms with van der Waals surface area (Å²) in [5.41, 5.74) is 6.36. The lowest BCUT2D eigenvalue weighted by Gasteiger charge is -2.06. The average Bonchev–Trinajstić information content (AvgIpc) is 2.25. The summed E-state index contributed by atoms with van der Waals surface area (Å²) in [5.74, 6) is -0.761.